The Morgan fingerprint density at radius 2 is 1.73 bits per heavy atom. The minimum atomic E-state index is -0.887. The average Bonchev–Trinajstić information content (AvgIpc) is 2.84. The van der Waals surface area contributed by atoms with Crippen molar-refractivity contribution in [2.24, 2.45) is 5.92 Å². The lowest BCUT2D eigenvalue weighted by atomic mass is 9.87. The third-order valence-corrected chi connectivity index (χ3v) is 6.20. The van der Waals surface area contributed by atoms with E-state index in [1.807, 2.05) is 42.5 Å². The van der Waals surface area contributed by atoms with Crippen LogP contribution < -0.4 is 4.74 Å². The number of rotatable bonds is 10. The molecule has 0 spiro atoms. The van der Waals surface area contributed by atoms with Crippen molar-refractivity contribution >= 4 is 27.6 Å². The highest BCUT2D eigenvalue weighted by atomic mass is 79.9. The lowest BCUT2D eigenvalue weighted by Gasteiger charge is -2.26. The van der Waals surface area contributed by atoms with Crippen LogP contribution in [0.3, 0.4) is 0 Å². The van der Waals surface area contributed by atoms with Gasteiger partial charge in [-0.25, -0.2) is 0 Å². The number of hydrogen-bond acceptors (Lipinski definition) is 4. The summed E-state index contributed by atoms with van der Waals surface area (Å²) in [4.78, 5) is 0. The third-order valence-electron chi connectivity index (χ3n) is 5.71. The fraction of sp³-hybridized carbons (Fsp3) is 0.214. The molecule has 3 aromatic rings. The number of phenols is 1. The highest BCUT2D eigenvalue weighted by Gasteiger charge is 2.26. The van der Waals surface area contributed by atoms with Crippen LogP contribution in [-0.4, -0.2) is 28.5 Å². The monoisotopic (exact) mass is 508 g/mol. The van der Waals surface area contributed by atoms with Crippen LogP contribution in [-0.2, 0) is 0 Å². The maximum Gasteiger partial charge on any atom is 0.122 e. The van der Waals surface area contributed by atoms with Gasteiger partial charge in [0.1, 0.15) is 11.5 Å². The van der Waals surface area contributed by atoms with Crippen LogP contribution in [0, 0.1) is 5.92 Å². The van der Waals surface area contributed by atoms with E-state index in [0.29, 0.717) is 29.7 Å². The molecule has 0 aliphatic carbocycles. The van der Waals surface area contributed by atoms with E-state index in [9.17, 15) is 15.3 Å². The maximum atomic E-state index is 11.0. The molecule has 0 aliphatic rings. The number of aliphatic hydroxyl groups is 2. The van der Waals surface area contributed by atoms with Gasteiger partial charge in [0.05, 0.1) is 19.3 Å². The molecule has 0 heterocycles. The van der Waals surface area contributed by atoms with Crippen LogP contribution in [0.5, 0.6) is 11.5 Å². The first-order valence-electron chi connectivity index (χ1n) is 10.8. The van der Waals surface area contributed by atoms with Gasteiger partial charge in [0, 0.05) is 16.0 Å². The molecule has 0 bridgehead atoms. The number of methoxy groups -OCH3 is 1. The standard InChI is InChI=1S/C28H29BrO4/c1-3-25(28(32)20-9-13-24(33-2)14-10-20)27(31)15-11-21(19-7-5-4-6-8-19)17-22-18-23(29)12-16-26(22)30/h3-10,12-14,16-18,25,27-28,30-32H,1,11,15H2,2H3/b21-17-/t25-,27-,28-/m1/s1. The molecule has 172 valence electrons. The Balaban J connectivity index is 1.80. The molecule has 0 unspecified atom stereocenters. The zero-order valence-electron chi connectivity index (χ0n) is 18.6. The minimum Gasteiger partial charge on any atom is -0.507 e. The molecule has 0 radical (unpaired) electrons. The number of benzene rings is 3. The summed E-state index contributed by atoms with van der Waals surface area (Å²) in [7, 11) is 1.59. The van der Waals surface area contributed by atoms with E-state index in [2.05, 4.69) is 22.5 Å². The number of allylic oxidation sites excluding steroid dienone is 1. The molecule has 0 saturated heterocycles. The van der Waals surface area contributed by atoms with Crippen LogP contribution in [0.1, 0.15) is 35.6 Å². The summed E-state index contributed by atoms with van der Waals surface area (Å²) in [6.45, 7) is 3.84. The summed E-state index contributed by atoms with van der Waals surface area (Å²) in [5.41, 5.74) is 3.37. The highest BCUT2D eigenvalue weighted by molar-refractivity contribution is 9.10. The van der Waals surface area contributed by atoms with Gasteiger partial charge in [0.15, 0.2) is 0 Å². The van der Waals surface area contributed by atoms with E-state index in [1.54, 1.807) is 49.6 Å². The summed E-state index contributed by atoms with van der Waals surface area (Å²) in [6, 6.07) is 22.3. The Labute approximate surface area is 203 Å². The Hall–Kier alpha value is -2.86. The molecule has 0 amide bonds. The number of aliphatic hydroxyl groups excluding tert-OH is 2. The molecule has 0 saturated carbocycles. The first-order valence-corrected chi connectivity index (χ1v) is 11.6. The predicted molar refractivity (Wildman–Crippen MR) is 137 cm³/mol. The lowest BCUT2D eigenvalue weighted by Crippen LogP contribution is -2.25. The maximum absolute atomic E-state index is 11.0. The van der Waals surface area contributed by atoms with Crippen molar-refractivity contribution in [2.45, 2.75) is 25.0 Å². The van der Waals surface area contributed by atoms with Crippen molar-refractivity contribution in [3.63, 3.8) is 0 Å². The van der Waals surface area contributed by atoms with Gasteiger partial charge in [-0.15, -0.1) is 6.58 Å². The van der Waals surface area contributed by atoms with Gasteiger partial charge in [0.2, 0.25) is 0 Å². The van der Waals surface area contributed by atoms with Gasteiger partial charge in [-0.3, -0.25) is 0 Å². The number of hydrogen-bond donors (Lipinski definition) is 3. The third kappa shape index (κ3) is 6.57. The predicted octanol–water partition coefficient (Wildman–Crippen LogP) is 6.38. The normalized spacial score (nSPS) is 14.4. The Bertz CT molecular complexity index is 1080. The second-order valence-electron chi connectivity index (χ2n) is 7.88. The summed E-state index contributed by atoms with van der Waals surface area (Å²) in [6.07, 6.45) is 2.82. The molecular weight excluding hydrogens is 480 g/mol. The van der Waals surface area contributed by atoms with Crippen molar-refractivity contribution in [1.29, 1.82) is 0 Å². The summed E-state index contributed by atoms with van der Waals surface area (Å²) in [5, 5.41) is 32.1. The Morgan fingerprint density at radius 1 is 1.03 bits per heavy atom. The molecule has 4 nitrogen and oxygen atoms in total. The SMILES string of the molecule is C=C[C@H]([C@H](O)CC/C(=C/c1cc(Br)ccc1O)c1ccccc1)[C@H](O)c1ccc(OC)cc1. The van der Waals surface area contributed by atoms with Crippen LogP contribution in [0.15, 0.2) is 89.9 Å². The minimum absolute atomic E-state index is 0.186. The quantitative estimate of drug-likeness (QED) is 0.219. The molecule has 0 aromatic heterocycles. The van der Waals surface area contributed by atoms with E-state index in [0.717, 1.165) is 15.6 Å². The summed E-state index contributed by atoms with van der Waals surface area (Å²) in [5.74, 6) is 0.357. The number of phenolic OH excluding ortho intramolecular Hbond substituents is 1. The fourth-order valence-electron chi connectivity index (χ4n) is 3.80. The van der Waals surface area contributed by atoms with Crippen molar-refractivity contribution in [3.05, 3.63) is 107 Å². The molecule has 33 heavy (non-hydrogen) atoms. The fourth-order valence-corrected chi connectivity index (χ4v) is 4.18. The van der Waals surface area contributed by atoms with E-state index >= 15 is 0 Å². The number of ether oxygens (including phenoxy) is 1. The Morgan fingerprint density at radius 3 is 2.36 bits per heavy atom. The van der Waals surface area contributed by atoms with Crippen LogP contribution in [0.25, 0.3) is 11.6 Å². The number of halogens is 1. The number of aromatic hydroxyl groups is 1. The van der Waals surface area contributed by atoms with Gasteiger partial charge in [0.25, 0.3) is 0 Å². The second kappa shape index (κ2) is 11.8. The molecule has 3 aromatic carbocycles. The van der Waals surface area contributed by atoms with Gasteiger partial charge in [-0.05, 0) is 65.9 Å². The van der Waals surface area contributed by atoms with Gasteiger partial charge in [-0.1, -0.05) is 64.5 Å². The molecule has 5 heteroatoms. The zero-order valence-corrected chi connectivity index (χ0v) is 20.2. The second-order valence-corrected chi connectivity index (χ2v) is 8.79. The molecular formula is C28H29BrO4. The molecule has 0 aliphatic heterocycles. The topological polar surface area (TPSA) is 69.9 Å². The highest BCUT2D eigenvalue weighted by Crippen LogP contribution is 2.33. The molecule has 3 rings (SSSR count). The van der Waals surface area contributed by atoms with E-state index < -0.39 is 18.1 Å². The first-order chi connectivity index (χ1) is 15.9. The molecule has 3 N–H and O–H groups in total. The van der Waals surface area contributed by atoms with E-state index in [1.165, 1.54) is 0 Å². The zero-order chi connectivity index (χ0) is 23.8. The van der Waals surface area contributed by atoms with Crippen molar-refractivity contribution in [2.75, 3.05) is 7.11 Å². The first kappa shape index (κ1) is 24.8. The van der Waals surface area contributed by atoms with E-state index in [-0.39, 0.29) is 5.75 Å². The lowest BCUT2D eigenvalue weighted by molar-refractivity contribution is 0.0325. The smallest absolute Gasteiger partial charge is 0.122 e. The summed E-state index contributed by atoms with van der Waals surface area (Å²) < 4.78 is 6.05. The summed E-state index contributed by atoms with van der Waals surface area (Å²) >= 11 is 3.45. The Kier molecular flexibility index (Phi) is 8.89. The molecule has 0 fully saturated rings. The van der Waals surface area contributed by atoms with Gasteiger partial charge < -0.3 is 20.1 Å². The average molecular weight is 509 g/mol. The molecule has 3 atom stereocenters. The van der Waals surface area contributed by atoms with Crippen LogP contribution in [0.2, 0.25) is 0 Å². The van der Waals surface area contributed by atoms with Crippen molar-refractivity contribution < 1.29 is 20.1 Å². The largest absolute Gasteiger partial charge is 0.507 e. The van der Waals surface area contributed by atoms with Crippen LogP contribution >= 0.6 is 15.9 Å². The van der Waals surface area contributed by atoms with Crippen LogP contribution in [0.4, 0.5) is 0 Å². The van der Waals surface area contributed by atoms with Crippen molar-refractivity contribution in [3.8, 4) is 11.5 Å². The van der Waals surface area contributed by atoms with Gasteiger partial charge >= 0.3 is 0 Å². The van der Waals surface area contributed by atoms with Crippen molar-refractivity contribution in [1.82, 2.24) is 0 Å². The van der Waals surface area contributed by atoms with E-state index in [4.69, 9.17) is 4.74 Å². The van der Waals surface area contributed by atoms with Gasteiger partial charge in [-0.2, -0.15) is 0 Å².